The molecule has 0 radical (unpaired) electrons. The fourth-order valence-corrected chi connectivity index (χ4v) is 5.12. The number of carbonyl (C=O) groups excluding carboxylic acids is 2. The molecule has 166 valence electrons. The van der Waals surface area contributed by atoms with Crippen LogP contribution in [-0.4, -0.2) is 44.3 Å². The number of ether oxygens (including phenoxy) is 1. The topological polar surface area (TPSA) is 92.8 Å². The number of sulfonamides is 1. The first kappa shape index (κ1) is 23.5. The molecule has 1 fully saturated rings. The van der Waals surface area contributed by atoms with E-state index in [1.165, 1.54) is 16.4 Å². The number of hydrogen-bond acceptors (Lipinski definition) is 5. The number of amides is 1. The average molecular weight is 485 g/mol. The number of esters is 1. The summed E-state index contributed by atoms with van der Waals surface area (Å²) in [7, 11) is -3.70. The van der Waals surface area contributed by atoms with Gasteiger partial charge in [0.25, 0.3) is 5.91 Å². The summed E-state index contributed by atoms with van der Waals surface area (Å²) in [6.07, 6.45) is 2.62. The molecule has 2 aromatic rings. The molecular formula is C21H22Cl2N2O5S. The number of carbonyl (C=O) groups is 2. The predicted octanol–water partition coefficient (Wildman–Crippen LogP) is 4.27. The third kappa shape index (κ3) is 5.57. The number of halogens is 2. The molecule has 7 nitrogen and oxygen atoms in total. The smallest absolute Gasteiger partial charge is 0.338 e. The third-order valence-corrected chi connectivity index (χ3v) is 7.66. The molecule has 1 aliphatic rings. The number of benzene rings is 2. The Bertz CT molecular complexity index is 1100. The molecule has 10 heteroatoms. The lowest BCUT2D eigenvalue weighted by Crippen LogP contribution is -2.35. The van der Waals surface area contributed by atoms with Gasteiger partial charge in [-0.3, -0.25) is 4.79 Å². The second-order valence-corrected chi connectivity index (χ2v) is 9.89. The van der Waals surface area contributed by atoms with Crippen LogP contribution >= 0.6 is 23.2 Å². The van der Waals surface area contributed by atoms with Crippen LogP contribution in [0, 0.1) is 6.92 Å². The van der Waals surface area contributed by atoms with Crippen molar-refractivity contribution in [2.45, 2.75) is 31.1 Å². The zero-order chi connectivity index (χ0) is 22.6. The highest BCUT2D eigenvalue weighted by molar-refractivity contribution is 7.89. The Morgan fingerprint density at radius 3 is 2.52 bits per heavy atom. The first-order valence-electron chi connectivity index (χ1n) is 9.72. The number of anilines is 1. The van der Waals surface area contributed by atoms with Crippen LogP contribution in [0.3, 0.4) is 0 Å². The van der Waals surface area contributed by atoms with Gasteiger partial charge in [-0.15, -0.1) is 0 Å². The Morgan fingerprint density at radius 1 is 1.10 bits per heavy atom. The lowest BCUT2D eigenvalue weighted by molar-refractivity contribution is -0.119. The maximum absolute atomic E-state index is 12.9. The molecule has 0 aliphatic carbocycles. The van der Waals surface area contributed by atoms with Crippen molar-refractivity contribution in [3.63, 3.8) is 0 Å². The molecule has 2 aromatic carbocycles. The highest BCUT2D eigenvalue weighted by Crippen LogP contribution is 2.29. The first-order valence-corrected chi connectivity index (χ1v) is 11.9. The number of nitrogens with one attached hydrogen (secondary N) is 1. The monoisotopic (exact) mass is 484 g/mol. The van der Waals surface area contributed by atoms with E-state index in [9.17, 15) is 18.0 Å². The van der Waals surface area contributed by atoms with Gasteiger partial charge in [-0.2, -0.15) is 4.31 Å². The molecule has 0 spiro atoms. The molecule has 1 saturated heterocycles. The Balaban J connectivity index is 1.69. The van der Waals surface area contributed by atoms with Gasteiger partial charge >= 0.3 is 5.97 Å². The largest absolute Gasteiger partial charge is 0.452 e. The van der Waals surface area contributed by atoms with Crippen molar-refractivity contribution in [3.8, 4) is 0 Å². The summed E-state index contributed by atoms with van der Waals surface area (Å²) in [5, 5.41) is 2.97. The maximum atomic E-state index is 12.9. The van der Waals surface area contributed by atoms with Crippen LogP contribution in [0.1, 0.15) is 35.2 Å². The molecule has 1 amide bonds. The first-order chi connectivity index (χ1) is 14.7. The number of nitrogens with zero attached hydrogens (tertiary/aromatic N) is 1. The van der Waals surface area contributed by atoms with Crippen molar-refractivity contribution in [2.75, 3.05) is 25.0 Å². The molecule has 0 bridgehead atoms. The van der Waals surface area contributed by atoms with Crippen molar-refractivity contribution in [1.82, 2.24) is 4.31 Å². The standard InChI is InChI=1S/C21H22Cl2N2O5S/c1-14-8-9-15(31(28,29)25-10-3-2-4-11-25)12-16(14)21(27)30-13-19(26)24-18-7-5-6-17(22)20(18)23/h5-9,12H,2-4,10-11,13H2,1H3,(H,24,26). The van der Waals surface area contributed by atoms with Gasteiger partial charge in [-0.25, -0.2) is 13.2 Å². The maximum Gasteiger partial charge on any atom is 0.338 e. The lowest BCUT2D eigenvalue weighted by atomic mass is 10.1. The lowest BCUT2D eigenvalue weighted by Gasteiger charge is -2.26. The molecular weight excluding hydrogens is 463 g/mol. The van der Waals surface area contributed by atoms with Gasteiger partial charge in [0.15, 0.2) is 6.61 Å². The summed E-state index contributed by atoms with van der Waals surface area (Å²) in [6, 6.07) is 9.09. The summed E-state index contributed by atoms with van der Waals surface area (Å²) in [4.78, 5) is 24.7. The second kappa shape index (κ2) is 9.99. The summed E-state index contributed by atoms with van der Waals surface area (Å²) >= 11 is 11.9. The van der Waals surface area contributed by atoms with Crippen LogP contribution in [0.2, 0.25) is 10.0 Å². The van der Waals surface area contributed by atoms with E-state index in [4.69, 9.17) is 27.9 Å². The zero-order valence-electron chi connectivity index (χ0n) is 16.9. The van der Waals surface area contributed by atoms with Crippen molar-refractivity contribution < 1.29 is 22.7 Å². The molecule has 0 atom stereocenters. The minimum Gasteiger partial charge on any atom is -0.452 e. The van der Waals surface area contributed by atoms with Gasteiger partial charge in [0.05, 0.1) is 26.2 Å². The highest BCUT2D eigenvalue weighted by atomic mass is 35.5. The molecule has 1 heterocycles. The van der Waals surface area contributed by atoms with Crippen molar-refractivity contribution in [3.05, 3.63) is 57.6 Å². The van der Waals surface area contributed by atoms with Gasteiger partial charge in [0.2, 0.25) is 10.0 Å². The fraction of sp³-hybridized carbons (Fsp3) is 0.333. The third-order valence-electron chi connectivity index (χ3n) is 4.94. The van der Waals surface area contributed by atoms with Crippen LogP contribution in [0.4, 0.5) is 5.69 Å². The summed E-state index contributed by atoms with van der Waals surface area (Å²) in [5.41, 5.74) is 0.925. The van der Waals surface area contributed by atoms with E-state index >= 15 is 0 Å². The minimum absolute atomic E-state index is 0.0297. The van der Waals surface area contributed by atoms with Crippen molar-refractivity contribution >= 4 is 50.8 Å². The van der Waals surface area contributed by atoms with Crippen LogP contribution < -0.4 is 5.32 Å². The molecule has 1 N–H and O–H groups in total. The Hall–Kier alpha value is -2.13. The normalized spacial score (nSPS) is 14.8. The minimum atomic E-state index is -3.70. The zero-order valence-corrected chi connectivity index (χ0v) is 19.2. The van der Waals surface area contributed by atoms with E-state index in [-0.39, 0.29) is 20.5 Å². The quantitative estimate of drug-likeness (QED) is 0.617. The Kier molecular flexibility index (Phi) is 7.59. The van der Waals surface area contributed by atoms with Crippen LogP contribution in [0.15, 0.2) is 41.3 Å². The SMILES string of the molecule is Cc1ccc(S(=O)(=O)N2CCCCC2)cc1C(=O)OCC(=O)Nc1cccc(Cl)c1Cl. The number of piperidine rings is 1. The average Bonchev–Trinajstić information content (AvgIpc) is 2.76. The number of hydrogen-bond donors (Lipinski definition) is 1. The van der Waals surface area contributed by atoms with Gasteiger partial charge in [-0.05, 0) is 49.6 Å². The van der Waals surface area contributed by atoms with Crippen LogP contribution in [0.5, 0.6) is 0 Å². The second-order valence-electron chi connectivity index (χ2n) is 7.17. The van der Waals surface area contributed by atoms with Crippen LogP contribution in [0.25, 0.3) is 0 Å². The van der Waals surface area contributed by atoms with E-state index in [1.807, 2.05) is 0 Å². The Morgan fingerprint density at radius 2 is 1.81 bits per heavy atom. The summed E-state index contributed by atoms with van der Waals surface area (Å²) in [6.45, 7) is 2.02. The number of rotatable bonds is 6. The van der Waals surface area contributed by atoms with Gasteiger partial charge < -0.3 is 10.1 Å². The van der Waals surface area contributed by atoms with E-state index in [2.05, 4.69) is 5.32 Å². The highest BCUT2D eigenvalue weighted by Gasteiger charge is 2.27. The molecule has 0 saturated carbocycles. The molecule has 1 aliphatic heterocycles. The van der Waals surface area contributed by atoms with Gasteiger partial charge in [0.1, 0.15) is 0 Å². The fourth-order valence-electron chi connectivity index (χ4n) is 3.23. The van der Waals surface area contributed by atoms with E-state index in [0.717, 1.165) is 19.3 Å². The van der Waals surface area contributed by atoms with E-state index in [1.54, 1.807) is 31.2 Å². The number of aryl methyl sites for hydroxylation is 1. The summed E-state index contributed by atoms with van der Waals surface area (Å²) < 4.78 is 32.3. The Labute approximate surface area is 191 Å². The molecule has 3 rings (SSSR count). The predicted molar refractivity (Wildman–Crippen MR) is 119 cm³/mol. The summed E-state index contributed by atoms with van der Waals surface area (Å²) in [5.74, 6) is -1.40. The van der Waals surface area contributed by atoms with Gasteiger partial charge in [-0.1, -0.05) is 41.8 Å². The van der Waals surface area contributed by atoms with Crippen molar-refractivity contribution in [2.24, 2.45) is 0 Å². The van der Waals surface area contributed by atoms with E-state index in [0.29, 0.717) is 24.3 Å². The molecule has 0 unspecified atom stereocenters. The van der Waals surface area contributed by atoms with Crippen molar-refractivity contribution in [1.29, 1.82) is 0 Å². The molecule has 0 aromatic heterocycles. The van der Waals surface area contributed by atoms with E-state index < -0.39 is 28.5 Å². The van der Waals surface area contributed by atoms with Gasteiger partial charge in [0, 0.05) is 13.1 Å². The molecule has 31 heavy (non-hydrogen) atoms. The van der Waals surface area contributed by atoms with Crippen LogP contribution in [-0.2, 0) is 19.6 Å².